The molecule has 2 aliphatic rings. The Morgan fingerprint density at radius 1 is 1.19 bits per heavy atom. The molecule has 1 saturated carbocycles. The fraction of sp³-hybridized carbons (Fsp3) is 0.933. The first-order chi connectivity index (χ1) is 12.2. The molecule has 0 aromatic heterocycles. The fourth-order valence-corrected chi connectivity index (χ4v) is 3.38. The highest BCUT2D eigenvalue weighted by Crippen LogP contribution is 2.27. The van der Waals surface area contributed by atoms with Gasteiger partial charge in [-0.15, -0.1) is 13.2 Å². The zero-order chi connectivity index (χ0) is 19.2. The van der Waals surface area contributed by atoms with E-state index in [2.05, 4.69) is 31.3 Å². The van der Waals surface area contributed by atoms with E-state index in [1.165, 1.54) is 0 Å². The average Bonchev–Trinajstić information content (AvgIpc) is 2.53. The molecule has 0 aromatic rings. The Kier molecular flexibility index (Phi) is 7.89. The number of ether oxygens (including phenoxy) is 1. The van der Waals surface area contributed by atoms with Crippen LogP contribution in [0.3, 0.4) is 0 Å². The van der Waals surface area contributed by atoms with Crippen molar-refractivity contribution < 1.29 is 22.7 Å². The predicted molar refractivity (Wildman–Crippen MR) is 89.8 cm³/mol. The maximum Gasteiger partial charge on any atom is 0.522 e. The van der Waals surface area contributed by atoms with Crippen molar-refractivity contribution in [3.8, 4) is 0 Å². The number of rotatable bonds is 6. The van der Waals surface area contributed by atoms with Gasteiger partial charge in [0.2, 0.25) is 0 Å². The van der Waals surface area contributed by atoms with Crippen LogP contribution in [0.15, 0.2) is 0 Å². The van der Waals surface area contributed by atoms with Crippen molar-refractivity contribution in [2.75, 3.05) is 13.1 Å². The van der Waals surface area contributed by atoms with Gasteiger partial charge in [0.1, 0.15) is 6.29 Å². The van der Waals surface area contributed by atoms with Gasteiger partial charge in [-0.1, -0.05) is 0 Å². The Hall–Kier alpha value is -1.14. The summed E-state index contributed by atoms with van der Waals surface area (Å²) in [5, 5.41) is 15.3. The second-order valence-electron chi connectivity index (χ2n) is 6.85. The third-order valence-corrected chi connectivity index (χ3v) is 4.53. The van der Waals surface area contributed by atoms with Crippen molar-refractivity contribution in [3.63, 3.8) is 0 Å². The molecular formula is C15H29F3N6O2. The molecule has 2 amide bonds. The second kappa shape index (κ2) is 9.70. The summed E-state index contributed by atoms with van der Waals surface area (Å²) in [6.45, 7) is 3.22. The van der Waals surface area contributed by atoms with E-state index in [-0.39, 0.29) is 37.1 Å². The number of hydrogen-bond donors (Lipinski definition) is 6. The molecule has 0 spiro atoms. The van der Waals surface area contributed by atoms with Gasteiger partial charge in [0.25, 0.3) is 0 Å². The lowest BCUT2D eigenvalue weighted by molar-refractivity contribution is -0.345. The molecule has 8 nitrogen and oxygen atoms in total. The van der Waals surface area contributed by atoms with Crippen LogP contribution in [0, 0.1) is 0 Å². The standard InChI is InChI=1S/C15H29F3N6O2/c1-9-8-12(20-7-6-19)23-13(21-9)24-14(25)22-10-2-4-11(5-3-10)26-15(16,17)18/h9-13,20-21,23H,2-8,19H2,1H3,(H2,22,24,25). The minimum Gasteiger partial charge on any atom is -0.335 e. The smallest absolute Gasteiger partial charge is 0.335 e. The third-order valence-electron chi connectivity index (χ3n) is 4.53. The topological polar surface area (TPSA) is 112 Å². The number of nitrogens with one attached hydrogen (secondary N) is 5. The summed E-state index contributed by atoms with van der Waals surface area (Å²) in [7, 11) is 0. The van der Waals surface area contributed by atoms with Gasteiger partial charge in [0, 0.05) is 25.2 Å². The molecule has 0 aromatic carbocycles. The lowest BCUT2D eigenvalue weighted by Crippen LogP contribution is -2.68. The molecule has 7 N–H and O–H groups in total. The molecule has 0 bridgehead atoms. The van der Waals surface area contributed by atoms with E-state index in [1.54, 1.807) is 0 Å². The number of hydrogen-bond acceptors (Lipinski definition) is 6. The minimum absolute atomic E-state index is 0.0371. The van der Waals surface area contributed by atoms with Crippen molar-refractivity contribution >= 4 is 6.03 Å². The van der Waals surface area contributed by atoms with Gasteiger partial charge < -0.3 is 21.7 Å². The Morgan fingerprint density at radius 3 is 2.50 bits per heavy atom. The summed E-state index contributed by atoms with van der Waals surface area (Å²) in [6.07, 6.45) is -3.50. The van der Waals surface area contributed by atoms with Gasteiger partial charge in [-0.3, -0.25) is 15.4 Å². The molecule has 1 saturated heterocycles. The Labute approximate surface area is 151 Å². The first kappa shape index (κ1) is 21.2. The van der Waals surface area contributed by atoms with Crippen LogP contribution in [-0.2, 0) is 4.74 Å². The van der Waals surface area contributed by atoms with E-state index in [0.29, 0.717) is 25.9 Å². The molecule has 0 radical (unpaired) electrons. The van der Waals surface area contributed by atoms with Crippen LogP contribution in [0.1, 0.15) is 39.0 Å². The highest BCUT2D eigenvalue weighted by atomic mass is 19.4. The number of amides is 2. The summed E-state index contributed by atoms with van der Waals surface area (Å²) in [5.74, 6) is 0. The molecule has 1 aliphatic carbocycles. The highest BCUT2D eigenvalue weighted by molar-refractivity contribution is 5.74. The van der Waals surface area contributed by atoms with Crippen LogP contribution in [0.2, 0.25) is 0 Å². The largest absolute Gasteiger partial charge is 0.522 e. The summed E-state index contributed by atoms with van der Waals surface area (Å²) in [6, 6.07) is -0.316. The van der Waals surface area contributed by atoms with Crippen molar-refractivity contribution in [2.45, 2.75) is 76.0 Å². The van der Waals surface area contributed by atoms with Crippen molar-refractivity contribution in [2.24, 2.45) is 5.73 Å². The highest BCUT2D eigenvalue weighted by Gasteiger charge is 2.35. The molecule has 2 fully saturated rings. The summed E-state index contributed by atoms with van der Waals surface area (Å²) >= 11 is 0. The number of urea groups is 1. The Balaban J connectivity index is 1.70. The van der Waals surface area contributed by atoms with Gasteiger partial charge in [-0.25, -0.2) is 4.79 Å². The van der Waals surface area contributed by atoms with Gasteiger partial charge in [-0.05, 0) is 39.0 Å². The number of alkyl halides is 3. The molecule has 152 valence electrons. The predicted octanol–water partition coefficient (Wildman–Crippen LogP) is 0.263. The van der Waals surface area contributed by atoms with Crippen LogP contribution < -0.4 is 32.3 Å². The summed E-state index contributed by atoms with van der Waals surface area (Å²) < 4.78 is 40.7. The molecule has 3 atom stereocenters. The molecule has 26 heavy (non-hydrogen) atoms. The van der Waals surface area contributed by atoms with Gasteiger partial charge in [0.15, 0.2) is 0 Å². The lowest BCUT2D eigenvalue weighted by Gasteiger charge is -2.37. The molecular weight excluding hydrogens is 353 g/mol. The summed E-state index contributed by atoms with van der Waals surface area (Å²) in [5.41, 5.74) is 5.49. The Bertz CT molecular complexity index is 446. The third kappa shape index (κ3) is 7.62. The first-order valence-corrected chi connectivity index (χ1v) is 9.02. The Morgan fingerprint density at radius 2 is 1.88 bits per heavy atom. The maximum atomic E-state index is 12.2. The molecule has 1 heterocycles. The van der Waals surface area contributed by atoms with Gasteiger partial charge in [0.05, 0.1) is 12.3 Å². The molecule has 11 heteroatoms. The van der Waals surface area contributed by atoms with Crippen LogP contribution in [0.5, 0.6) is 0 Å². The van der Waals surface area contributed by atoms with Crippen molar-refractivity contribution in [1.82, 2.24) is 26.6 Å². The number of carbonyl (C=O) groups excluding carboxylic acids is 1. The van der Waals surface area contributed by atoms with Crippen LogP contribution in [-0.4, -0.2) is 56.1 Å². The molecule has 3 unspecified atom stereocenters. The molecule has 1 aliphatic heterocycles. The van der Waals surface area contributed by atoms with E-state index in [9.17, 15) is 18.0 Å². The molecule has 2 rings (SSSR count). The fourth-order valence-electron chi connectivity index (χ4n) is 3.38. The summed E-state index contributed by atoms with van der Waals surface area (Å²) in [4.78, 5) is 12.2. The van der Waals surface area contributed by atoms with Crippen LogP contribution in [0.4, 0.5) is 18.0 Å². The van der Waals surface area contributed by atoms with Crippen LogP contribution in [0.25, 0.3) is 0 Å². The van der Waals surface area contributed by atoms with E-state index in [0.717, 1.165) is 6.42 Å². The quantitative estimate of drug-likeness (QED) is 0.393. The number of nitrogens with two attached hydrogens (primary N) is 1. The minimum atomic E-state index is -4.61. The van der Waals surface area contributed by atoms with Gasteiger partial charge in [-0.2, -0.15) is 0 Å². The van der Waals surface area contributed by atoms with Gasteiger partial charge >= 0.3 is 12.4 Å². The monoisotopic (exact) mass is 382 g/mol. The zero-order valence-corrected chi connectivity index (χ0v) is 14.9. The first-order valence-electron chi connectivity index (χ1n) is 9.02. The van der Waals surface area contributed by atoms with Crippen molar-refractivity contribution in [1.29, 1.82) is 0 Å². The normalized spacial score (nSPS) is 32.9. The van der Waals surface area contributed by atoms with E-state index in [1.807, 2.05) is 6.92 Å². The maximum absolute atomic E-state index is 12.2. The number of halogens is 3. The van der Waals surface area contributed by atoms with Crippen LogP contribution >= 0.6 is 0 Å². The van der Waals surface area contributed by atoms with E-state index < -0.39 is 18.8 Å². The van der Waals surface area contributed by atoms with E-state index >= 15 is 0 Å². The number of carbonyl (C=O) groups is 1. The zero-order valence-electron chi connectivity index (χ0n) is 14.9. The second-order valence-corrected chi connectivity index (χ2v) is 6.85. The SMILES string of the molecule is CC1CC(NCCN)NC(NC(=O)NC2CCC(OC(F)(F)F)CC2)N1. The lowest BCUT2D eigenvalue weighted by atomic mass is 9.93. The average molecular weight is 382 g/mol. The van der Waals surface area contributed by atoms with Crippen molar-refractivity contribution in [3.05, 3.63) is 0 Å². The van der Waals surface area contributed by atoms with E-state index in [4.69, 9.17) is 5.73 Å².